The van der Waals surface area contributed by atoms with Gasteiger partial charge in [-0.15, -0.1) is 11.3 Å². The maximum absolute atomic E-state index is 12.5. The predicted molar refractivity (Wildman–Crippen MR) is 103 cm³/mol. The number of thiophene rings is 1. The Kier molecular flexibility index (Phi) is 7.04. The summed E-state index contributed by atoms with van der Waals surface area (Å²) in [5.74, 6) is -2.26. The summed E-state index contributed by atoms with van der Waals surface area (Å²) < 4.78 is 11.0. The molecule has 156 valence electrons. The minimum Gasteiger partial charge on any atom is -0.465 e. The van der Waals surface area contributed by atoms with Crippen LogP contribution in [0.25, 0.3) is 0 Å². The van der Waals surface area contributed by atoms with Crippen molar-refractivity contribution >= 4 is 40.0 Å². The van der Waals surface area contributed by atoms with Crippen LogP contribution < -0.4 is 5.32 Å². The van der Waals surface area contributed by atoms with Gasteiger partial charge >= 0.3 is 17.8 Å². The second-order valence-electron chi connectivity index (χ2n) is 5.99. The monoisotopic (exact) mass is 424 g/mol. The SMILES string of the molecule is CCCOC(=O)c1c(NC(=O)Cn2nc([N+](=O)[O-])cc2C)sc(C(=O)OC)c1C. The zero-order valence-corrected chi connectivity index (χ0v) is 17.1. The summed E-state index contributed by atoms with van der Waals surface area (Å²) in [6.45, 7) is 4.84. The first-order chi connectivity index (χ1) is 13.7. The van der Waals surface area contributed by atoms with Gasteiger partial charge in [-0.1, -0.05) is 6.92 Å². The van der Waals surface area contributed by atoms with Crippen molar-refractivity contribution in [1.82, 2.24) is 9.78 Å². The number of aryl methyl sites for hydroxylation is 1. The van der Waals surface area contributed by atoms with E-state index in [0.29, 0.717) is 17.7 Å². The molecule has 1 amide bonds. The highest BCUT2D eigenvalue weighted by molar-refractivity contribution is 7.18. The van der Waals surface area contributed by atoms with Gasteiger partial charge in [0.15, 0.2) is 0 Å². The number of nitrogens with one attached hydrogen (secondary N) is 1. The second-order valence-corrected chi connectivity index (χ2v) is 7.02. The maximum Gasteiger partial charge on any atom is 0.390 e. The van der Waals surface area contributed by atoms with E-state index in [4.69, 9.17) is 9.47 Å². The van der Waals surface area contributed by atoms with E-state index in [2.05, 4.69) is 10.4 Å². The third kappa shape index (κ3) is 4.96. The Morgan fingerprint density at radius 2 is 2.00 bits per heavy atom. The Labute approximate surface area is 169 Å². The molecule has 0 aromatic carbocycles. The van der Waals surface area contributed by atoms with Crippen LogP contribution in [0.15, 0.2) is 6.07 Å². The van der Waals surface area contributed by atoms with Crippen molar-refractivity contribution in [3.63, 3.8) is 0 Å². The summed E-state index contributed by atoms with van der Waals surface area (Å²) >= 11 is 0.889. The fourth-order valence-corrected chi connectivity index (χ4v) is 3.58. The number of amides is 1. The maximum atomic E-state index is 12.5. The van der Waals surface area contributed by atoms with E-state index in [1.165, 1.54) is 17.9 Å². The molecule has 0 aliphatic rings. The summed E-state index contributed by atoms with van der Waals surface area (Å²) in [4.78, 5) is 47.2. The first kappa shape index (κ1) is 22.0. The lowest BCUT2D eigenvalue weighted by Crippen LogP contribution is -2.21. The predicted octanol–water partition coefficient (Wildman–Crippen LogP) is 2.46. The number of nitrogens with zero attached hydrogens (tertiary/aromatic N) is 3. The van der Waals surface area contributed by atoms with Crippen LogP contribution >= 0.6 is 11.3 Å². The molecule has 2 heterocycles. The fraction of sp³-hybridized carbons (Fsp3) is 0.412. The van der Waals surface area contributed by atoms with Crippen LogP contribution in [0.3, 0.4) is 0 Å². The molecule has 0 aliphatic heterocycles. The van der Waals surface area contributed by atoms with Crippen LogP contribution in [-0.4, -0.2) is 46.3 Å². The third-order valence-electron chi connectivity index (χ3n) is 3.86. The first-order valence-corrected chi connectivity index (χ1v) is 9.38. The molecule has 11 nitrogen and oxygen atoms in total. The van der Waals surface area contributed by atoms with Crippen molar-refractivity contribution in [1.29, 1.82) is 0 Å². The molecule has 0 spiro atoms. The molecule has 0 atom stereocenters. The molecule has 0 bridgehead atoms. The summed E-state index contributed by atoms with van der Waals surface area (Å²) in [5.41, 5.74) is 0.830. The highest BCUT2D eigenvalue weighted by Crippen LogP contribution is 2.34. The quantitative estimate of drug-likeness (QED) is 0.387. The zero-order valence-electron chi connectivity index (χ0n) is 16.3. The molecule has 1 N–H and O–H groups in total. The minimum absolute atomic E-state index is 0.0698. The summed E-state index contributed by atoms with van der Waals surface area (Å²) in [6.07, 6.45) is 0.609. The van der Waals surface area contributed by atoms with E-state index >= 15 is 0 Å². The number of carbonyl (C=O) groups is 3. The largest absolute Gasteiger partial charge is 0.465 e. The highest BCUT2D eigenvalue weighted by atomic mass is 32.1. The van der Waals surface area contributed by atoms with E-state index in [0.717, 1.165) is 11.3 Å². The lowest BCUT2D eigenvalue weighted by atomic mass is 10.1. The van der Waals surface area contributed by atoms with Crippen molar-refractivity contribution in [3.05, 3.63) is 37.9 Å². The molecule has 0 saturated heterocycles. The molecule has 0 unspecified atom stereocenters. The van der Waals surface area contributed by atoms with Gasteiger partial charge in [-0.3, -0.25) is 4.79 Å². The summed E-state index contributed by atoms with van der Waals surface area (Å²) in [6, 6.07) is 1.24. The molecule has 0 aliphatic carbocycles. The molecule has 0 saturated carbocycles. The number of aromatic nitrogens is 2. The van der Waals surface area contributed by atoms with Crippen LogP contribution in [0, 0.1) is 24.0 Å². The highest BCUT2D eigenvalue weighted by Gasteiger charge is 2.27. The van der Waals surface area contributed by atoms with E-state index in [1.54, 1.807) is 13.8 Å². The van der Waals surface area contributed by atoms with Gasteiger partial charge in [0.2, 0.25) is 5.91 Å². The molecule has 12 heteroatoms. The average Bonchev–Trinajstić information content (AvgIpc) is 3.19. The van der Waals surface area contributed by atoms with Crippen molar-refractivity contribution in [3.8, 4) is 0 Å². The topological polar surface area (TPSA) is 143 Å². The van der Waals surface area contributed by atoms with E-state index < -0.39 is 22.8 Å². The molecule has 2 rings (SSSR count). The Hall–Kier alpha value is -3.28. The molecule has 29 heavy (non-hydrogen) atoms. The van der Waals surface area contributed by atoms with Gasteiger partial charge in [-0.2, -0.15) is 4.68 Å². The van der Waals surface area contributed by atoms with E-state index in [-0.39, 0.29) is 34.4 Å². The van der Waals surface area contributed by atoms with Gasteiger partial charge in [0.1, 0.15) is 16.4 Å². The van der Waals surface area contributed by atoms with Gasteiger partial charge in [0, 0.05) is 0 Å². The number of hydrogen-bond acceptors (Lipinski definition) is 9. The van der Waals surface area contributed by atoms with Crippen molar-refractivity contribution < 1.29 is 28.8 Å². The standard InChI is InChI=1S/C17H20N4O7S/c1-5-6-28-16(23)13-10(3)14(17(24)27-4)29-15(13)18-12(22)8-20-9(2)7-11(19-20)21(25)26/h7H,5-6,8H2,1-4H3,(H,18,22). The third-order valence-corrected chi connectivity index (χ3v) is 5.05. The Morgan fingerprint density at radius 1 is 1.31 bits per heavy atom. The fourth-order valence-electron chi connectivity index (χ4n) is 2.45. The van der Waals surface area contributed by atoms with Gasteiger partial charge in [0.25, 0.3) is 0 Å². The van der Waals surface area contributed by atoms with E-state index in [1.807, 2.05) is 6.92 Å². The number of nitro groups is 1. The van der Waals surface area contributed by atoms with Gasteiger partial charge in [-0.05, 0) is 30.8 Å². The number of methoxy groups -OCH3 is 1. The number of carbonyl (C=O) groups excluding carboxylic acids is 3. The number of anilines is 1. The van der Waals surface area contributed by atoms with Crippen molar-refractivity contribution in [2.24, 2.45) is 0 Å². The number of esters is 2. The summed E-state index contributed by atoms with van der Waals surface area (Å²) in [7, 11) is 1.21. The van der Waals surface area contributed by atoms with Crippen molar-refractivity contribution in [2.45, 2.75) is 33.7 Å². The lowest BCUT2D eigenvalue weighted by Gasteiger charge is -2.07. The number of ether oxygens (including phenoxy) is 2. The van der Waals surface area contributed by atoms with Crippen LogP contribution in [-0.2, 0) is 20.8 Å². The minimum atomic E-state index is -0.669. The van der Waals surface area contributed by atoms with Crippen LogP contribution in [0.2, 0.25) is 0 Å². The zero-order chi connectivity index (χ0) is 21.7. The normalized spacial score (nSPS) is 10.5. The molecule has 0 fully saturated rings. The van der Waals surface area contributed by atoms with E-state index in [9.17, 15) is 24.5 Å². The number of hydrogen-bond donors (Lipinski definition) is 1. The Balaban J connectivity index is 2.30. The van der Waals surface area contributed by atoms with Crippen LogP contribution in [0.1, 0.15) is 44.6 Å². The molecular weight excluding hydrogens is 404 g/mol. The Bertz CT molecular complexity index is 963. The average molecular weight is 424 g/mol. The molecular formula is C17H20N4O7S. The van der Waals surface area contributed by atoms with Crippen LogP contribution in [0.4, 0.5) is 10.8 Å². The second kappa shape index (κ2) is 9.28. The lowest BCUT2D eigenvalue weighted by molar-refractivity contribution is -0.389. The molecule has 2 aromatic rings. The molecule has 2 aromatic heterocycles. The first-order valence-electron chi connectivity index (χ1n) is 8.57. The molecule has 0 radical (unpaired) electrons. The Morgan fingerprint density at radius 3 is 2.55 bits per heavy atom. The smallest absolute Gasteiger partial charge is 0.390 e. The van der Waals surface area contributed by atoms with Crippen molar-refractivity contribution in [2.75, 3.05) is 19.0 Å². The summed E-state index contributed by atoms with van der Waals surface area (Å²) in [5, 5.41) is 17.3. The van der Waals surface area contributed by atoms with Gasteiger partial charge in [-0.25, -0.2) is 9.59 Å². The van der Waals surface area contributed by atoms with Gasteiger partial charge in [0.05, 0.1) is 36.1 Å². The van der Waals surface area contributed by atoms with Crippen LogP contribution in [0.5, 0.6) is 0 Å². The van der Waals surface area contributed by atoms with Gasteiger partial charge < -0.3 is 24.9 Å². The number of rotatable bonds is 8.